The summed E-state index contributed by atoms with van der Waals surface area (Å²) in [6.07, 6.45) is 6.78. The van der Waals surface area contributed by atoms with E-state index < -0.39 is 0 Å². The molecule has 0 radical (unpaired) electrons. The van der Waals surface area contributed by atoms with Crippen molar-refractivity contribution >= 4 is 5.97 Å². The fourth-order valence-corrected chi connectivity index (χ4v) is 3.58. The number of carbonyl (C=O) groups excluding carboxylic acids is 1. The molecule has 0 spiro atoms. The van der Waals surface area contributed by atoms with Gasteiger partial charge in [0, 0.05) is 6.42 Å². The van der Waals surface area contributed by atoms with Crippen LogP contribution in [-0.2, 0) is 9.53 Å². The quantitative estimate of drug-likeness (QED) is 0.539. The molecule has 2 rings (SSSR count). The van der Waals surface area contributed by atoms with E-state index in [0.717, 1.165) is 18.3 Å². The number of hydrogen-bond acceptors (Lipinski definition) is 2. The Labute approximate surface area is 104 Å². The normalized spacial score (nSPS) is 33.2. The van der Waals surface area contributed by atoms with Crippen molar-refractivity contribution in [2.24, 2.45) is 17.8 Å². The van der Waals surface area contributed by atoms with Gasteiger partial charge in [-0.15, -0.1) is 0 Å². The van der Waals surface area contributed by atoms with Crippen LogP contribution in [0, 0.1) is 17.8 Å². The highest BCUT2D eigenvalue weighted by Gasteiger charge is 2.34. The zero-order chi connectivity index (χ0) is 12.4. The molecule has 2 heteroatoms. The van der Waals surface area contributed by atoms with Gasteiger partial charge in [-0.05, 0) is 56.8 Å². The van der Waals surface area contributed by atoms with Gasteiger partial charge in [-0.1, -0.05) is 18.1 Å². The summed E-state index contributed by atoms with van der Waals surface area (Å²) in [6.45, 7) is 4.66. The fourth-order valence-electron chi connectivity index (χ4n) is 3.58. The van der Waals surface area contributed by atoms with Crippen molar-refractivity contribution in [3.8, 4) is 0 Å². The largest absolute Gasteiger partial charge is 0.469 e. The van der Waals surface area contributed by atoms with E-state index in [2.05, 4.69) is 13.8 Å². The number of ether oxygens (including phenoxy) is 1. The molecule has 3 atom stereocenters. The third-order valence-electron chi connectivity index (χ3n) is 4.75. The van der Waals surface area contributed by atoms with Crippen LogP contribution >= 0.6 is 0 Å². The lowest BCUT2D eigenvalue weighted by molar-refractivity contribution is -0.141. The minimum Gasteiger partial charge on any atom is -0.469 e. The number of hydrogen-bond donors (Lipinski definition) is 0. The zero-order valence-corrected chi connectivity index (χ0v) is 11.3. The number of esters is 1. The van der Waals surface area contributed by atoms with Crippen LogP contribution in [-0.4, -0.2) is 13.1 Å². The van der Waals surface area contributed by atoms with Crippen LogP contribution in [0.15, 0.2) is 11.1 Å². The topological polar surface area (TPSA) is 26.3 Å². The van der Waals surface area contributed by atoms with Crippen LogP contribution in [0.2, 0.25) is 0 Å². The number of carbonyl (C=O) groups is 1. The first-order chi connectivity index (χ1) is 8.11. The molecule has 2 nitrogen and oxygen atoms in total. The second-order valence-electron chi connectivity index (χ2n) is 5.85. The van der Waals surface area contributed by atoms with Gasteiger partial charge in [0.2, 0.25) is 0 Å². The Morgan fingerprint density at radius 3 is 2.82 bits per heavy atom. The van der Waals surface area contributed by atoms with Crippen molar-refractivity contribution in [2.45, 2.75) is 52.4 Å². The number of rotatable bonds is 2. The Hall–Kier alpha value is -0.790. The highest BCUT2D eigenvalue weighted by molar-refractivity contribution is 5.69. The highest BCUT2D eigenvalue weighted by atomic mass is 16.5. The molecule has 0 aromatic carbocycles. The van der Waals surface area contributed by atoms with Gasteiger partial charge in [-0.2, -0.15) is 0 Å². The Kier molecular flexibility index (Phi) is 3.90. The van der Waals surface area contributed by atoms with E-state index in [1.165, 1.54) is 32.8 Å². The second-order valence-corrected chi connectivity index (χ2v) is 5.85. The molecule has 1 saturated carbocycles. The first-order valence-corrected chi connectivity index (χ1v) is 6.87. The van der Waals surface area contributed by atoms with Gasteiger partial charge in [0.05, 0.1) is 7.11 Å². The van der Waals surface area contributed by atoms with Crippen LogP contribution in [0.3, 0.4) is 0 Å². The lowest BCUT2D eigenvalue weighted by Gasteiger charge is -2.21. The maximum absolute atomic E-state index is 11.4. The summed E-state index contributed by atoms with van der Waals surface area (Å²) in [4.78, 5) is 11.4. The van der Waals surface area contributed by atoms with E-state index in [1.54, 1.807) is 11.1 Å². The van der Waals surface area contributed by atoms with E-state index in [1.807, 2.05) is 0 Å². The number of allylic oxidation sites excluding steroid dienone is 2. The molecular weight excluding hydrogens is 212 g/mol. The van der Waals surface area contributed by atoms with Crippen molar-refractivity contribution in [3.05, 3.63) is 11.1 Å². The van der Waals surface area contributed by atoms with Crippen molar-refractivity contribution in [3.63, 3.8) is 0 Å². The van der Waals surface area contributed by atoms with Crippen molar-refractivity contribution < 1.29 is 9.53 Å². The maximum Gasteiger partial charge on any atom is 0.305 e. The molecule has 0 aliphatic heterocycles. The molecule has 2 unspecified atom stereocenters. The Morgan fingerprint density at radius 1 is 1.35 bits per heavy atom. The third kappa shape index (κ3) is 2.72. The summed E-state index contributed by atoms with van der Waals surface area (Å²) in [5, 5.41) is 0. The SMILES string of the molecule is COC(=O)C[C@@H]1CCC(C)=C2CCC(C)C2C1. The summed E-state index contributed by atoms with van der Waals surface area (Å²) in [5.41, 5.74) is 3.32. The second kappa shape index (κ2) is 5.24. The average molecular weight is 236 g/mol. The monoisotopic (exact) mass is 236 g/mol. The first kappa shape index (κ1) is 12.7. The molecule has 0 amide bonds. The zero-order valence-electron chi connectivity index (χ0n) is 11.3. The third-order valence-corrected chi connectivity index (χ3v) is 4.75. The minimum absolute atomic E-state index is 0.0400. The van der Waals surface area contributed by atoms with E-state index in [0.29, 0.717) is 12.3 Å². The highest BCUT2D eigenvalue weighted by Crippen LogP contribution is 2.46. The molecule has 1 fully saturated rings. The molecule has 0 N–H and O–H groups in total. The predicted molar refractivity (Wildman–Crippen MR) is 68.6 cm³/mol. The molecule has 2 aliphatic carbocycles. The number of fused-ring (bicyclic) bond motifs is 1. The molecule has 96 valence electrons. The lowest BCUT2D eigenvalue weighted by atomic mass is 9.84. The average Bonchev–Trinajstić information content (AvgIpc) is 2.59. The van der Waals surface area contributed by atoms with Gasteiger partial charge < -0.3 is 4.74 Å². The molecular formula is C15H24O2. The molecule has 0 heterocycles. The van der Waals surface area contributed by atoms with Crippen LogP contribution < -0.4 is 0 Å². The summed E-state index contributed by atoms with van der Waals surface area (Å²) in [5.74, 6) is 2.03. The van der Waals surface area contributed by atoms with Crippen molar-refractivity contribution in [1.29, 1.82) is 0 Å². The Balaban J connectivity index is 2.06. The van der Waals surface area contributed by atoms with Gasteiger partial charge in [0.15, 0.2) is 0 Å². The van der Waals surface area contributed by atoms with Gasteiger partial charge >= 0.3 is 5.97 Å². The van der Waals surface area contributed by atoms with Crippen molar-refractivity contribution in [2.75, 3.05) is 7.11 Å². The molecule has 0 aromatic rings. The molecule has 0 aromatic heterocycles. The van der Waals surface area contributed by atoms with E-state index in [-0.39, 0.29) is 5.97 Å². The molecule has 2 aliphatic rings. The van der Waals surface area contributed by atoms with Gasteiger partial charge in [0.25, 0.3) is 0 Å². The number of methoxy groups -OCH3 is 1. The minimum atomic E-state index is -0.0400. The van der Waals surface area contributed by atoms with E-state index in [4.69, 9.17) is 4.74 Å². The summed E-state index contributed by atoms with van der Waals surface area (Å²) in [6, 6.07) is 0. The van der Waals surface area contributed by atoms with Gasteiger partial charge in [0.1, 0.15) is 0 Å². The van der Waals surface area contributed by atoms with Crippen LogP contribution in [0.5, 0.6) is 0 Å². The Bertz CT molecular complexity index is 330. The first-order valence-electron chi connectivity index (χ1n) is 6.87. The molecule has 0 saturated heterocycles. The summed E-state index contributed by atoms with van der Waals surface area (Å²) < 4.78 is 4.81. The maximum atomic E-state index is 11.4. The summed E-state index contributed by atoms with van der Waals surface area (Å²) in [7, 11) is 1.49. The smallest absolute Gasteiger partial charge is 0.305 e. The van der Waals surface area contributed by atoms with E-state index in [9.17, 15) is 4.79 Å². The predicted octanol–water partition coefficient (Wildman–Crippen LogP) is 3.71. The van der Waals surface area contributed by atoms with Gasteiger partial charge in [-0.3, -0.25) is 4.79 Å². The van der Waals surface area contributed by atoms with Crippen LogP contribution in [0.1, 0.15) is 52.4 Å². The summed E-state index contributed by atoms with van der Waals surface area (Å²) >= 11 is 0. The standard InChI is InChI=1S/C15H24O2/c1-10-4-6-12(9-15(16)17-3)8-14-11(2)5-7-13(10)14/h11-12,14H,4-9H2,1-3H3/t11?,12-,14?/m1/s1. The van der Waals surface area contributed by atoms with Crippen LogP contribution in [0.25, 0.3) is 0 Å². The lowest BCUT2D eigenvalue weighted by Crippen LogP contribution is -2.15. The molecule has 0 bridgehead atoms. The fraction of sp³-hybridized carbons (Fsp3) is 0.800. The Morgan fingerprint density at radius 2 is 2.12 bits per heavy atom. The molecule has 17 heavy (non-hydrogen) atoms. The van der Waals surface area contributed by atoms with E-state index >= 15 is 0 Å². The van der Waals surface area contributed by atoms with Crippen LogP contribution in [0.4, 0.5) is 0 Å². The van der Waals surface area contributed by atoms with Crippen molar-refractivity contribution in [1.82, 2.24) is 0 Å². The van der Waals surface area contributed by atoms with Gasteiger partial charge in [-0.25, -0.2) is 0 Å².